The molecule has 7 heteroatoms. The zero-order valence-electron chi connectivity index (χ0n) is 17.1. The minimum Gasteiger partial charge on any atom is -0.445 e. The van der Waals surface area contributed by atoms with Gasteiger partial charge in [0, 0.05) is 23.7 Å². The van der Waals surface area contributed by atoms with Crippen LogP contribution in [0.4, 0.5) is 10.6 Å². The molecule has 7 nitrogen and oxygen atoms in total. The number of hydrogen-bond donors (Lipinski definition) is 1. The Hall–Kier alpha value is -2.96. The lowest BCUT2D eigenvalue weighted by Crippen LogP contribution is -2.50. The maximum atomic E-state index is 13.0. The number of carbonyl (C=O) groups is 1. The minimum absolute atomic E-state index is 0.00837. The van der Waals surface area contributed by atoms with E-state index in [0.717, 1.165) is 55.3 Å². The second-order valence-corrected chi connectivity index (χ2v) is 8.38. The summed E-state index contributed by atoms with van der Waals surface area (Å²) in [6.45, 7) is 0.293. The highest BCUT2D eigenvalue weighted by Gasteiger charge is 2.42. The standard InChI is InChI=1S/C23H27N5O2/c29-23(30-15-16-7-2-1-3-8-16)28-18-11-6-12-21(28)19-14-22(27-25-20(19)13-18)26-24-17-9-4-5-10-17/h1-3,7-8,14,18,21H,4-6,9-13,15H2,(H,26,27). The van der Waals surface area contributed by atoms with Gasteiger partial charge in [0.2, 0.25) is 0 Å². The van der Waals surface area contributed by atoms with Crippen molar-refractivity contribution >= 4 is 17.6 Å². The summed E-state index contributed by atoms with van der Waals surface area (Å²) in [5, 5.41) is 13.3. The number of rotatable bonds is 4. The molecule has 2 unspecified atom stereocenters. The van der Waals surface area contributed by atoms with E-state index in [9.17, 15) is 4.79 Å². The molecule has 1 aliphatic carbocycles. The molecule has 2 aromatic rings. The zero-order valence-corrected chi connectivity index (χ0v) is 17.1. The number of fused-ring (bicyclic) bond motifs is 4. The van der Waals surface area contributed by atoms with Crippen LogP contribution in [-0.4, -0.2) is 32.9 Å². The number of benzene rings is 1. The first-order valence-electron chi connectivity index (χ1n) is 10.9. The topological polar surface area (TPSA) is 79.7 Å². The number of hydrogen-bond acceptors (Lipinski definition) is 6. The van der Waals surface area contributed by atoms with Gasteiger partial charge in [-0.05, 0) is 56.6 Å². The van der Waals surface area contributed by atoms with E-state index in [1.807, 2.05) is 41.3 Å². The summed E-state index contributed by atoms with van der Waals surface area (Å²) in [5.74, 6) is 0.648. The summed E-state index contributed by atoms with van der Waals surface area (Å²) in [6.07, 6.45) is 8.01. The molecule has 0 spiro atoms. The van der Waals surface area contributed by atoms with Crippen molar-refractivity contribution < 1.29 is 9.53 Å². The maximum absolute atomic E-state index is 13.0. The lowest BCUT2D eigenvalue weighted by molar-refractivity contribution is 0.0339. The molecule has 1 saturated heterocycles. The van der Waals surface area contributed by atoms with E-state index in [1.54, 1.807) is 0 Å². The fraction of sp³-hybridized carbons (Fsp3) is 0.478. The number of carbonyl (C=O) groups excluding carboxylic acids is 1. The lowest BCUT2D eigenvalue weighted by atomic mass is 9.83. The maximum Gasteiger partial charge on any atom is 0.410 e. The van der Waals surface area contributed by atoms with Crippen molar-refractivity contribution in [2.24, 2.45) is 5.10 Å². The first-order chi connectivity index (χ1) is 14.8. The van der Waals surface area contributed by atoms with Crippen LogP contribution in [0.25, 0.3) is 0 Å². The molecule has 5 rings (SSSR count). The zero-order chi connectivity index (χ0) is 20.3. The summed E-state index contributed by atoms with van der Waals surface area (Å²) >= 11 is 0. The van der Waals surface area contributed by atoms with Crippen LogP contribution in [-0.2, 0) is 17.8 Å². The van der Waals surface area contributed by atoms with Crippen molar-refractivity contribution in [1.82, 2.24) is 15.1 Å². The van der Waals surface area contributed by atoms with Gasteiger partial charge in [0.15, 0.2) is 5.82 Å². The van der Waals surface area contributed by atoms with E-state index in [-0.39, 0.29) is 18.2 Å². The van der Waals surface area contributed by atoms with Crippen LogP contribution in [0, 0.1) is 0 Å². The van der Waals surface area contributed by atoms with E-state index in [1.165, 1.54) is 18.6 Å². The fourth-order valence-corrected chi connectivity index (χ4v) is 4.84. The molecule has 2 fully saturated rings. The van der Waals surface area contributed by atoms with Crippen molar-refractivity contribution in [3.8, 4) is 0 Å². The Balaban J connectivity index is 1.33. The fourth-order valence-electron chi connectivity index (χ4n) is 4.84. The quantitative estimate of drug-likeness (QED) is 0.752. The molecule has 1 aromatic carbocycles. The Morgan fingerprint density at radius 2 is 1.97 bits per heavy atom. The van der Waals surface area contributed by atoms with Gasteiger partial charge in [-0.2, -0.15) is 10.2 Å². The van der Waals surface area contributed by atoms with Gasteiger partial charge in [-0.1, -0.05) is 30.3 Å². The smallest absolute Gasteiger partial charge is 0.410 e. The van der Waals surface area contributed by atoms with E-state index in [4.69, 9.17) is 4.74 Å². The third-order valence-corrected chi connectivity index (χ3v) is 6.36. The number of amides is 1. The monoisotopic (exact) mass is 405 g/mol. The van der Waals surface area contributed by atoms with Gasteiger partial charge in [-0.15, -0.1) is 5.10 Å². The molecule has 2 aliphatic heterocycles. The molecule has 1 amide bonds. The molecule has 156 valence electrons. The minimum atomic E-state index is -0.239. The number of nitrogens with one attached hydrogen (secondary N) is 1. The van der Waals surface area contributed by atoms with Crippen LogP contribution in [0.15, 0.2) is 41.5 Å². The van der Waals surface area contributed by atoms with Crippen molar-refractivity contribution in [1.29, 1.82) is 0 Å². The van der Waals surface area contributed by atoms with Gasteiger partial charge in [-0.3, -0.25) is 10.3 Å². The van der Waals surface area contributed by atoms with Crippen molar-refractivity contribution in [2.45, 2.75) is 70.1 Å². The Morgan fingerprint density at radius 3 is 2.80 bits per heavy atom. The molecule has 3 heterocycles. The van der Waals surface area contributed by atoms with Crippen molar-refractivity contribution in [3.05, 3.63) is 53.2 Å². The Labute approximate surface area is 176 Å². The van der Waals surface area contributed by atoms with Gasteiger partial charge >= 0.3 is 6.09 Å². The normalized spacial score (nSPS) is 22.4. The molecule has 1 saturated carbocycles. The Morgan fingerprint density at radius 1 is 1.13 bits per heavy atom. The molecular weight excluding hydrogens is 378 g/mol. The van der Waals surface area contributed by atoms with Gasteiger partial charge in [0.1, 0.15) is 6.61 Å². The van der Waals surface area contributed by atoms with Gasteiger partial charge in [-0.25, -0.2) is 4.79 Å². The van der Waals surface area contributed by atoms with Gasteiger partial charge in [0.25, 0.3) is 0 Å². The third-order valence-electron chi connectivity index (χ3n) is 6.36. The molecular formula is C23H27N5O2. The second kappa shape index (κ2) is 8.42. The second-order valence-electron chi connectivity index (χ2n) is 8.38. The molecule has 2 bridgehead atoms. The van der Waals surface area contributed by atoms with Crippen LogP contribution in [0.3, 0.4) is 0 Å². The summed E-state index contributed by atoms with van der Waals surface area (Å²) in [6, 6.07) is 12.0. The Kier molecular flexibility index (Phi) is 5.34. The number of nitrogens with zero attached hydrogens (tertiary/aromatic N) is 4. The van der Waals surface area contributed by atoms with Crippen molar-refractivity contribution in [2.75, 3.05) is 5.43 Å². The largest absolute Gasteiger partial charge is 0.445 e. The first kappa shape index (κ1) is 19.0. The highest BCUT2D eigenvalue weighted by molar-refractivity contribution is 5.86. The summed E-state index contributed by atoms with van der Waals surface area (Å²) in [4.78, 5) is 14.9. The predicted molar refractivity (Wildman–Crippen MR) is 114 cm³/mol. The highest BCUT2D eigenvalue weighted by atomic mass is 16.6. The predicted octanol–water partition coefficient (Wildman–Crippen LogP) is 4.61. The third kappa shape index (κ3) is 3.88. The van der Waals surface area contributed by atoms with Gasteiger partial charge in [0.05, 0.1) is 11.7 Å². The van der Waals surface area contributed by atoms with E-state index in [2.05, 4.69) is 20.7 Å². The number of hydrazone groups is 1. The van der Waals surface area contributed by atoms with Crippen LogP contribution in [0.2, 0.25) is 0 Å². The number of ether oxygens (including phenoxy) is 1. The van der Waals surface area contributed by atoms with Gasteiger partial charge < -0.3 is 4.74 Å². The highest BCUT2D eigenvalue weighted by Crippen LogP contribution is 2.42. The van der Waals surface area contributed by atoms with E-state index >= 15 is 0 Å². The molecule has 30 heavy (non-hydrogen) atoms. The molecule has 1 aromatic heterocycles. The SMILES string of the molecule is O=C(OCc1ccccc1)N1C2CCCC1c1cc(NN=C3CCCC3)nnc1C2. The molecule has 3 aliphatic rings. The summed E-state index contributed by atoms with van der Waals surface area (Å²) in [5.41, 5.74) is 7.34. The average Bonchev–Trinajstić information content (AvgIpc) is 3.30. The number of piperidine rings is 1. The van der Waals surface area contributed by atoms with Crippen LogP contribution >= 0.6 is 0 Å². The van der Waals surface area contributed by atoms with Crippen LogP contribution in [0.5, 0.6) is 0 Å². The first-order valence-corrected chi connectivity index (χ1v) is 10.9. The van der Waals surface area contributed by atoms with E-state index < -0.39 is 0 Å². The van der Waals surface area contributed by atoms with E-state index in [0.29, 0.717) is 12.4 Å². The van der Waals surface area contributed by atoms with Crippen LogP contribution < -0.4 is 5.43 Å². The molecule has 1 N–H and O–H groups in total. The van der Waals surface area contributed by atoms with Crippen LogP contribution in [0.1, 0.15) is 67.8 Å². The molecule has 2 atom stereocenters. The average molecular weight is 406 g/mol. The molecule has 0 radical (unpaired) electrons. The number of aromatic nitrogens is 2. The number of anilines is 1. The lowest BCUT2D eigenvalue weighted by Gasteiger charge is -2.45. The summed E-state index contributed by atoms with van der Waals surface area (Å²) < 4.78 is 5.68. The Bertz CT molecular complexity index is 938. The van der Waals surface area contributed by atoms with Crippen molar-refractivity contribution in [3.63, 3.8) is 0 Å². The summed E-state index contributed by atoms with van der Waals surface area (Å²) in [7, 11) is 0.